The first-order valence-corrected chi connectivity index (χ1v) is 15.6. The lowest BCUT2D eigenvalue weighted by molar-refractivity contribution is -0.140. The molecule has 3 aliphatic heterocycles. The molecule has 4 atom stereocenters. The van der Waals surface area contributed by atoms with Gasteiger partial charge in [0.15, 0.2) is 10.9 Å². The SMILES string of the molecule is CCC(C)(C)C(NC(=O)c1ccc(-c2csc(N3CCN(C)CC3)n2)cc1)C(=O)N1C[C@H](C(C)C)[C@H]2OCC(=O)[C@H]21. The van der Waals surface area contributed by atoms with Gasteiger partial charge < -0.3 is 24.8 Å². The Hall–Kier alpha value is -2.82. The fourth-order valence-electron chi connectivity index (χ4n) is 6.02. The molecule has 2 aromatic rings. The van der Waals surface area contributed by atoms with Crippen molar-refractivity contribution in [2.75, 3.05) is 51.3 Å². The van der Waals surface area contributed by atoms with Crippen molar-refractivity contribution in [2.24, 2.45) is 17.3 Å². The number of fused-ring (bicyclic) bond motifs is 1. The standard InChI is InChI=1S/C31H43N5O4S/c1-7-31(4,5)27(29(39)36-16-22(19(2)3)26-25(36)24(37)17-40-26)33-28(38)21-10-8-20(9-11-21)23-18-41-30(32-23)35-14-12-34(6)13-15-35/h8-11,18-19,22,25-27H,7,12-17H2,1-6H3,(H,33,38)/t22-,25-,26-,27?/m1/s1. The minimum atomic E-state index is -0.774. The van der Waals surface area contributed by atoms with Gasteiger partial charge in [-0.15, -0.1) is 11.3 Å². The number of nitrogens with zero attached hydrogens (tertiary/aromatic N) is 4. The molecule has 41 heavy (non-hydrogen) atoms. The van der Waals surface area contributed by atoms with Crippen molar-refractivity contribution in [2.45, 2.75) is 59.2 Å². The van der Waals surface area contributed by atoms with E-state index in [0.717, 1.165) is 42.6 Å². The highest BCUT2D eigenvalue weighted by Gasteiger charge is 2.54. The second-order valence-electron chi connectivity index (χ2n) is 12.7. The minimum absolute atomic E-state index is 0.0404. The number of carbonyl (C=O) groups is 3. The summed E-state index contributed by atoms with van der Waals surface area (Å²) in [5, 5.41) is 6.12. The highest BCUT2D eigenvalue weighted by molar-refractivity contribution is 7.14. The first-order valence-electron chi connectivity index (χ1n) is 14.7. The molecular weight excluding hydrogens is 538 g/mol. The number of Topliss-reactive ketones (excluding diaryl/α,β-unsaturated/α-hetero) is 1. The van der Waals surface area contributed by atoms with Crippen molar-refractivity contribution in [1.82, 2.24) is 20.1 Å². The predicted molar refractivity (Wildman–Crippen MR) is 161 cm³/mol. The molecule has 0 saturated carbocycles. The van der Waals surface area contributed by atoms with E-state index in [2.05, 4.69) is 41.4 Å². The second kappa shape index (κ2) is 11.8. The number of hydrogen-bond acceptors (Lipinski definition) is 8. The zero-order valence-corrected chi connectivity index (χ0v) is 25.9. The van der Waals surface area contributed by atoms with Crippen molar-refractivity contribution in [1.29, 1.82) is 0 Å². The molecule has 5 rings (SSSR count). The van der Waals surface area contributed by atoms with Gasteiger partial charge in [-0.05, 0) is 36.9 Å². The van der Waals surface area contributed by atoms with Gasteiger partial charge in [-0.3, -0.25) is 14.4 Å². The van der Waals surface area contributed by atoms with Crippen LogP contribution in [0.25, 0.3) is 11.3 Å². The average Bonchev–Trinajstić information content (AvgIpc) is 3.69. The maximum atomic E-state index is 14.1. The third-order valence-electron chi connectivity index (χ3n) is 9.29. The van der Waals surface area contributed by atoms with Crippen molar-refractivity contribution >= 4 is 34.1 Å². The summed E-state index contributed by atoms with van der Waals surface area (Å²) >= 11 is 1.64. The Balaban J connectivity index is 1.31. The van der Waals surface area contributed by atoms with Crippen LogP contribution in [0.2, 0.25) is 0 Å². The van der Waals surface area contributed by atoms with Crippen LogP contribution in [0.4, 0.5) is 5.13 Å². The van der Waals surface area contributed by atoms with Gasteiger partial charge in [0, 0.05) is 55.1 Å². The molecule has 1 aromatic carbocycles. The molecule has 2 amide bonds. The van der Waals surface area contributed by atoms with Crippen LogP contribution in [0.3, 0.4) is 0 Å². The summed E-state index contributed by atoms with van der Waals surface area (Å²) in [6.45, 7) is 14.7. The summed E-state index contributed by atoms with van der Waals surface area (Å²) < 4.78 is 5.83. The fourth-order valence-corrected chi connectivity index (χ4v) is 6.91. The number of anilines is 1. The summed E-state index contributed by atoms with van der Waals surface area (Å²) in [6, 6.07) is 6.04. The van der Waals surface area contributed by atoms with Gasteiger partial charge in [0.2, 0.25) is 5.91 Å². The Bertz CT molecular complexity index is 1270. The summed E-state index contributed by atoms with van der Waals surface area (Å²) in [6.07, 6.45) is 0.407. The number of likely N-dealkylation sites (N-methyl/N-ethyl adjacent to an activating group) is 1. The van der Waals surface area contributed by atoms with Gasteiger partial charge in [-0.2, -0.15) is 0 Å². The first kappa shape index (κ1) is 29.7. The van der Waals surface area contributed by atoms with Gasteiger partial charge in [-0.25, -0.2) is 4.98 Å². The zero-order valence-electron chi connectivity index (χ0n) is 25.1. The van der Waals surface area contributed by atoms with Crippen LogP contribution >= 0.6 is 11.3 Å². The van der Waals surface area contributed by atoms with Gasteiger partial charge in [0.1, 0.15) is 18.7 Å². The van der Waals surface area contributed by atoms with Crippen molar-refractivity contribution in [3.63, 3.8) is 0 Å². The average molecular weight is 582 g/mol. The molecular formula is C31H43N5O4S. The number of ketones is 1. The smallest absolute Gasteiger partial charge is 0.251 e. The summed E-state index contributed by atoms with van der Waals surface area (Å²) in [7, 11) is 2.14. The quantitative estimate of drug-likeness (QED) is 0.510. The molecule has 4 heterocycles. The number of ether oxygens (including phenoxy) is 1. The number of benzene rings is 1. The van der Waals surface area contributed by atoms with E-state index in [1.807, 2.05) is 32.9 Å². The lowest BCUT2D eigenvalue weighted by Crippen LogP contribution is -2.57. The molecule has 0 aliphatic carbocycles. The van der Waals surface area contributed by atoms with Crippen LogP contribution in [0.1, 0.15) is 51.4 Å². The van der Waals surface area contributed by atoms with Crippen LogP contribution in [0.5, 0.6) is 0 Å². The molecule has 0 spiro atoms. The highest BCUT2D eigenvalue weighted by atomic mass is 32.1. The van der Waals surface area contributed by atoms with Crippen molar-refractivity contribution in [3.05, 3.63) is 35.2 Å². The predicted octanol–water partition coefficient (Wildman–Crippen LogP) is 3.55. The van der Waals surface area contributed by atoms with Crippen LogP contribution in [0, 0.1) is 17.3 Å². The lowest BCUT2D eigenvalue weighted by Gasteiger charge is -2.37. The number of hydrogen-bond donors (Lipinski definition) is 1. The van der Waals surface area contributed by atoms with Gasteiger partial charge in [-0.1, -0.05) is 46.8 Å². The van der Waals surface area contributed by atoms with E-state index in [0.29, 0.717) is 18.5 Å². The number of carbonyl (C=O) groups excluding carboxylic acids is 3. The number of piperazine rings is 1. The van der Waals surface area contributed by atoms with E-state index in [4.69, 9.17) is 9.72 Å². The lowest BCUT2D eigenvalue weighted by atomic mass is 9.80. The van der Waals surface area contributed by atoms with Crippen molar-refractivity contribution < 1.29 is 19.1 Å². The first-order chi connectivity index (χ1) is 19.5. The molecule has 3 aliphatic rings. The Kier molecular flexibility index (Phi) is 8.55. The molecule has 222 valence electrons. The van der Waals surface area contributed by atoms with Crippen LogP contribution in [0.15, 0.2) is 29.6 Å². The van der Waals surface area contributed by atoms with Gasteiger partial charge >= 0.3 is 0 Å². The monoisotopic (exact) mass is 581 g/mol. The molecule has 1 aromatic heterocycles. The third-order valence-corrected chi connectivity index (χ3v) is 10.2. The van der Waals surface area contributed by atoms with E-state index in [9.17, 15) is 14.4 Å². The van der Waals surface area contributed by atoms with E-state index >= 15 is 0 Å². The van der Waals surface area contributed by atoms with E-state index in [1.165, 1.54) is 0 Å². The fraction of sp³-hybridized carbons (Fsp3) is 0.613. The molecule has 9 nitrogen and oxygen atoms in total. The number of rotatable bonds is 8. The molecule has 0 radical (unpaired) electrons. The molecule has 10 heteroatoms. The molecule has 3 saturated heterocycles. The van der Waals surface area contributed by atoms with Crippen LogP contribution in [-0.2, 0) is 14.3 Å². The molecule has 1 unspecified atom stereocenters. The minimum Gasteiger partial charge on any atom is -0.367 e. The van der Waals surface area contributed by atoms with Gasteiger partial charge in [0.05, 0.1) is 11.8 Å². The number of likely N-dealkylation sites (tertiary alicyclic amines) is 1. The van der Waals surface area contributed by atoms with E-state index in [-0.39, 0.29) is 42.1 Å². The maximum Gasteiger partial charge on any atom is 0.251 e. The van der Waals surface area contributed by atoms with E-state index in [1.54, 1.807) is 28.4 Å². The highest BCUT2D eigenvalue weighted by Crippen LogP contribution is 2.38. The zero-order chi connectivity index (χ0) is 29.5. The summed E-state index contributed by atoms with van der Waals surface area (Å²) in [5.74, 6) is -0.214. The topological polar surface area (TPSA) is 95.1 Å². The van der Waals surface area contributed by atoms with Crippen LogP contribution in [-0.4, -0.2) is 96.9 Å². The van der Waals surface area contributed by atoms with E-state index < -0.39 is 17.5 Å². The molecule has 3 fully saturated rings. The number of amides is 2. The molecule has 1 N–H and O–H groups in total. The third kappa shape index (κ3) is 5.92. The number of aromatic nitrogens is 1. The largest absolute Gasteiger partial charge is 0.367 e. The number of thiazole rings is 1. The maximum absolute atomic E-state index is 14.1. The van der Waals surface area contributed by atoms with Gasteiger partial charge in [0.25, 0.3) is 5.91 Å². The Morgan fingerprint density at radius 2 is 1.83 bits per heavy atom. The number of nitrogens with one attached hydrogen (secondary N) is 1. The second-order valence-corrected chi connectivity index (χ2v) is 13.6. The summed E-state index contributed by atoms with van der Waals surface area (Å²) in [5.41, 5.74) is 1.80. The normalized spacial score (nSPS) is 24.2. The summed E-state index contributed by atoms with van der Waals surface area (Å²) in [4.78, 5) is 51.5. The Morgan fingerprint density at radius 3 is 2.46 bits per heavy atom. The van der Waals surface area contributed by atoms with Crippen LogP contribution < -0.4 is 10.2 Å². The molecule has 0 bridgehead atoms. The van der Waals surface area contributed by atoms with Crippen molar-refractivity contribution in [3.8, 4) is 11.3 Å². The Labute approximate surface area is 247 Å². The Morgan fingerprint density at radius 1 is 1.15 bits per heavy atom.